The Labute approximate surface area is 110 Å². The molecule has 0 heterocycles. The van der Waals surface area contributed by atoms with Crippen molar-refractivity contribution in [2.24, 2.45) is 0 Å². The average molecular weight is 283 g/mol. The molecule has 2 N–H and O–H groups in total. The van der Waals surface area contributed by atoms with Crippen LogP contribution in [0.15, 0.2) is 41.3 Å². The van der Waals surface area contributed by atoms with Crippen LogP contribution >= 0.6 is 0 Å². The van der Waals surface area contributed by atoms with Gasteiger partial charge in [0.15, 0.2) is 0 Å². The summed E-state index contributed by atoms with van der Waals surface area (Å²) >= 11 is 0. The second kappa shape index (κ2) is 5.66. The first-order valence-electron chi connectivity index (χ1n) is 5.26. The Morgan fingerprint density at radius 2 is 1.89 bits per heavy atom. The van der Waals surface area contributed by atoms with E-state index in [-0.39, 0.29) is 10.5 Å². The van der Waals surface area contributed by atoms with Crippen molar-refractivity contribution in [1.82, 2.24) is 4.72 Å². The molecule has 0 unspecified atom stereocenters. The summed E-state index contributed by atoms with van der Waals surface area (Å²) in [5, 5.41) is 8.50. The topological polar surface area (TPSA) is 101 Å². The van der Waals surface area contributed by atoms with Gasteiger partial charge in [-0.15, -0.1) is 0 Å². The fraction of sp³-hybridized carbons (Fsp3) is 0.167. The Balaban J connectivity index is 2.93. The third-order valence-corrected chi connectivity index (χ3v) is 3.79. The lowest BCUT2D eigenvalue weighted by Crippen LogP contribution is -2.32. The molecule has 0 saturated heterocycles. The fourth-order valence-corrected chi connectivity index (χ4v) is 2.62. The normalized spacial score (nSPS) is 10.8. The number of aryl methyl sites for hydroxylation is 1. The lowest BCUT2D eigenvalue weighted by Gasteiger charge is -2.09. The maximum absolute atomic E-state index is 11.9. The highest BCUT2D eigenvalue weighted by Crippen LogP contribution is 2.14. The van der Waals surface area contributed by atoms with Crippen molar-refractivity contribution in [2.75, 3.05) is 0 Å². The van der Waals surface area contributed by atoms with Crippen molar-refractivity contribution >= 4 is 21.9 Å². The minimum absolute atomic E-state index is 0.0357. The Kier molecular flexibility index (Phi) is 4.44. The molecule has 0 fully saturated rings. The molecule has 0 radical (unpaired) electrons. The average Bonchev–Trinajstić information content (AvgIpc) is 2.27. The van der Waals surface area contributed by atoms with E-state index in [0.29, 0.717) is 5.56 Å². The molecule has 1 aromatic carbocycles. The molecule has 6 nitrogen and oxygen atoms in total. The van der Waals surface area contributed by atoms with E-state index in [1.165, 1.54) is 12.1 Å². The maximum Gasteiger partial charge on any atom is 0.308 e. The van der Waals surface area contributed by atoms with Gasteiger partial charge >= 0.3 is 5.97 Å². The number of carboxylic acid groups (broad SMARTS) is 1. The Bertz CT molecular complexity index is 633. The van der Waals surface area contributed by atoms with Crippen LogP contribution < -0.4 is 4.72 Å². The van der Waals surface area contributed by atoms with Gasteiger partial charge in [0.1, 0.15) is 0 Å². The molecule has 0 aliphatic heterocycles. The highest BCUT2D eigenvalue weighted by molar-refractivity contribution is 7.90. The van der Waals surface area contributed by atoms with Crippen molar-refractivity contribution in [2.45, 2.75) is 18.2 Å². The van der Waals surface area contributed by atoms with E-state index in [1.54, 1.807) is 23.8 Å². The fourth-order valence-electron chi connectivity index (χ4n) is 1.37. The number of nitrogens with one attached hydrogen (secondary N) is 1. The number of amides is 1. The molecular formula is C12H13NO5S. The zero-order valence-electron chi connectivity index (χ0n) is 10.2. The zero-order chi connectivity index (χ0) is 14.6. The van der Waals surface area contributed by atoms with Crippen molar-refractivity contribution < 1.29 is 23.1 Å². The summed E-state index contributed by atoms with van der Waals surface area (Å²) in [4.78, 5) is 21.9. The van der Waals surface area contributed by atoms with E-state index in [9.17, 15) is 18.0 Å². The Morgan fingerprint density at radius 3 is 2.42 bits per heavy atom. The number of sulfonamides is 1. The Hall–Kier alpha value is -2.15. The van der Waals surface area contributed by atoms with Gasteiger partial charge in [0.25, 0.3) is 15.9 Å². The SMILES string of the molecule is C=C(CC(=O)O)C(=O)NS(=O)(=O)c1ccccc1C. The summed E-state index contributed by atoms with van der Waals surface area (Å²) in [6.07, 6.45) is -0.616. The number of carboxylic acids is 1. The number of hydrogen-bond donors (Lipinski definition) is 2. The van der Waals surface area contributed by atoms with Crippen LogP contribution in [0.4, 0.5) is 0 Å². The molecule has 0 bridgehead atoms. The second-order valence-electron chi connectivity index (χ2n) is 3.87. The van der Waals surface area contributed by atoms with Gasteiger partial charge in [0.2, 0.25) is 0 Å². The number of benzene rings is 1. The first-order valence-corrected chi connectivity index (χ1v) is 6.74. The highest BCUT2D eigenvalue weighted by Gasteiger charge is 2.21. The number of rotatable bonds is 5. The van der Waals surface area contributed by atoms with Gasteiger partial charge in [0.05, 0.1) is 11.3 Å². The molecule has 0 aromatic heterocycles. The molecule has 0 atom stereocenters. The summed E-state index contributed by atoms with van der Waals surface area (Å²) in [7, 11) is -4.02. The maximum atomic E-state index is 11.9. The summed E-state index contributed by atoms with van der Waals surface area (Å²) in [6, 6.07) is 6.13. The summed E-state index contributed by atoms with van der Waals surface area (Å²) in [5.74, 6) is -2.28. The second-order valence-corrected chi connectivity index (χ2v) is 5.53. The van der Waals surface area contributed by atoms with Crippen LogP contribution in [0, 0.1) is 6.92 Å². The van der Waals surface area contributed by atoms with E-state index in [1.807, 2.05) is 0 Å². The van der Waals surface area contributed by atoms with Crippen LogP contribution in [0.1, 0.15) is 12.0 Å². The molecular weight excluding hydrogens is 270 g/mol. The van der Waals surface area contributed by atoms with Gasteiger partial charge in [-0.1, -0.05) is 24.8 Å². The molecule has 7 heteroatoms. The van der Waals surface area contributed by atoms with Gasteiger partial charge in [-0.05, 0) is 18.6 Å². The van der Waals surface area contributed by atoms with Gasteiger partial charge in [-0.3, -0.25) is 9.59 Å². The first kappa shape index (κ1) is 14.9. The van der Waals surface area contributed by atoms with Gasteiger partial charge in [-0.25, -0.2) is 13.1 Å². The molecule has 102 valence electrons. The van der Waals surface area contributed by atoms with Gasteiger partial charge < -0.3 is 5.11 Å². The quantitative estimate of drug-likeness (QED) is 0.779. The van der Waals surface area contributed by atoms with Crippen molar-refractivity contribution in [3.8, 4) is 0 Å². The van der Waals surface area contributed by atoms with Crippen LogP contribution in [0.3, 0.4) is 0 Å². The molecule has 1 amide bonds. The predicted octanol–water partition coefficient (Wildman–Crippen LogP) is 0.831. The van der Waals surface area contributed by atoms with Crippen LogP contribution in [-0.2, 0) is 19.6 Å². The molecule has 0 saturated carbocycles. The minimum atomic E-state index is -4.02. The van der Waals surface area contributed by atoms with Crippen LogP contribution in [0.25, 0.3) is 0 Å². The zero-order valence-corrected chi connectivity index (χ0v) is 11.0. The summed E-state index contributed by atoms with van der Waals surface area (Å²) < 4.78 is 25.7. The van der Waals surface area contributed by atoms with Crippen LogP contribution in [0.2, 0.25) is 0 Å². The van der Waals surface area contributed by atoms with E-state index < -0.39 is 28.3 Å². The van der Waals surface area contributed by atoms with Crippen molar-refractivity contribution in [3.05, 3.63) is 42.0 Å². The first-order chi connectivity index (χ1) is 8.74. The number of aliphatic carboxylic acids is 1. The van der Waals surface area contributed by atoms with Crippen molar-refractivity contribution in [1.29, 1.82) is 0 Å². The van der Waals surface area contributed by atoms with E-state index in [4.69, 9.17) is 5.11 Å². The van der Waals surface area contributed by atoms with E-state index in [0.717, 1.165) is 0 Å². The molecule has 0 spiro atoms. The Morgan fingerprint density at radius 1 is 1.32 bits per heavy atom. The van der Waals surface area contributed by atoms with Crippen LogP contribution in [0.5, 0.6) is 0 Å². The number of carbonyl (C=O) groups excluding carboxylic acids is 1. The van der Waals surface area contributed by atoms with Gasteiger partial charge in [-0.2, -0.15) is 0 Å². The minimum Gasteiger partial charge on any atom is -0.481 e. The van der Waals surface area contributed by atoms with E-state index in [2.05, 4.69) is 6.58 Å². The smallest absolute Gasteiger partial charge is 0.308 e. The third kappa shape index (κ3) is 3.92. The molecule has 0 aliphatic carbocycles. The molecule has 1 rings (SSSR count). The molecule has 19 heavy (non-hydrogen) atoms. The molecule has 1 aromatic rings. The summed E-state index contributed by atoms with van der Waals surface area (Å²) in [6.45, 7) is 4.83. The number of carbonyl (C=O) groups is 2. The predicted molar refractivity (Wildman–Crippen MR) is 67.9 cm³/mol. The monoisotopic (exact) mass is 283 g/mol. The highest BCUT2D eigenvalue weighted by atomic mass is 32.2. The molecule has 0 aliphatic rings. The van der Waals surface area contributed by atoms with Crippen molar-refractivity contribution in [3.63, 3.8) is 0 Å². The number of hydrogen-bond acceptors (Lipinski definition) is 4. The summed E-state index contributed by atoms with van der Waals surface area (Å²) in [5.41, 5.74) is 0.149. The lowest BCUT2D eigenvalue weighted by molar-refractivity contribution is -0.137. The van der Waals surface area contributed by atoms with E-state index >= 15 is 0 Å². The van der Waals surface area contributed by atoms with Gasteiger partial charge in [0, 0.05) is 5.57 Å². The largest absolute Gasteiger partial charge is 0.481 e. The standard InChI is InChI=1S/C12H13NO5S/c1-8-5-3-4-6-10(8)19(17,18)13-12(16)9(2)7-11(14)15/h3-6H,2,7H2,1H3,(H,13,16)(H,14,15). The third-order valence-electron chi connectivity index (χ3n) is 2.30. The lowest BCUT2D eigenvalue weighted by atomic mass is 10.2. The van der Waals surface area contributed by atoms with Crippen LogP contribution in [-0.4, -0.2) is 25.4 Å².